The number of aryl methyl sites for hydroxylation is 2. The zero-order valence-corrected chi connectivity index (χ0v) is 12.9. The molecule has 1 aromatic heterocycles. The summed E-state index contributed by atoms with van der Waals surface area (Å²) in [7, 11) is 0. The molecular weight excluding hydrogens is 286 g/mol. The van der Waals surface area contributed by atoms with Crippen LogP contribution in [-0.4, -0.2) is 10.9 Å². The van der Waals surface area contributed by atoms with E-state index in [1.807, 2.05) is 48.5 Å². The Morgan fingerprint density at radius 3 is 2.57 bits per heavy atom. The monoisotopic (exact) mass is 301 g/mol. The minimum Gasteiger partial charge on any atom is -0.266 e. The molecule has 0 fully saturated rings. The van der Waals surface area contributed by atoms with Gasteiger partial charge in [-0.25, -0.2) is 4.68 Å². The summed E-state index contributed by atoms with van der Waals surface area (Å²) in [5.74, 6) is 0. The second-order valence-electron chi connectivity index (χ2n) is 5.42. The summed E-state index contributed by atoms with van der Waals surface area (Å²) in [5, 5.41) is 15.6. The second-order valence-corrected chi connectivity index (χ2v) is 5.42. The third-order valence-electron chi connectivity index (χ3n) is 3.77. The average molecular weight is 301 g/mol. The van der Waals surface area contributed by atoms with Crippen LogP contribution in [0.5, 0.6) is 0 Å². The number of hydrogen-bond acceptors (Lipinski definition) is 3. The topological polar surface area (TPSA) is 58.1 Å². The van der Waals surface area contributed by atoms with Gasteiger partial charge in [0, 0.05) is 5.69 Å². The zero-order valence-electron chi connectivity index (χ0n) is 12.9. The van der Waals surface area contributed by atoms with E-state index in [1.54, 1.807) is 26.1 Å². The number of hydrogen-bond donors (Lipinski definition) is 0. The Balaban J connectivity index is 2.05. The van der Waals surface area contributed by atoms with Crippen molar-refractivity contribution < 1.29 is 0 Å². The van der Waals surface area contributed by atoms with E-state index in [9.17, 15) is 4.79 Å². The number of fused-ring (bicyclic) bond motifs is 1. The van der Waals surface area contributed by atoms with Crippen LogP contribution in [0.2, 0.25) is 0 Å². The Bertz CT molecular complexity index is 1020. The van der Waals surface area contributed by atoms with Crippen LogP contribution in [0, 0.1) is 25.2 Å². The fourth-order valence-corrected chi connectivity index (χ4v) is 2.57. The van der Waals surface area contributed by atoms with E-state index < -0.39 is 0 Å². The molecule has 2 aromatic carbocycles. The number of nitriles is 1. The Hall–Kier alpha value is -3.19. The fourth-order valence-electron chi connectivity index (χ4n) is 2.57. The Labute approximate surface area is 133 Å². The van der Waals surface area contributed by atoms with Gasteiger partial charge in [0.2, 0.25) is 0 Å². The third-order valence-corrected chi connectivity index (χ3v) is 3.77. The second kappa shape index (κ2) is 5.90. The SMILES string of the molecule is Cc1cc(C)n(/N=C\c2ccc3ccccc3c2)c(=O)c1C#N. The van der Waals surface area contributed by atoms with Crippen molar-refractivity contribution in [2.24, 2.45) is 5.10 Å². The predicted octanol–water partition coefficient (Wildman–Crippen LogP) is 3.37. The highest BCUT2D eigenvalue weighted by Gasteiger charge is 2.08. The molecule has 0 aliphatic heterocycles. The quantitative estimate of drug-likeness (QED) is 0.681. The molecular formula is C19H15N3O. The molecule has 3 aromatic rings. The predicted molar refractivity (Wildman–Crippen MR) is 91.8 cm³/mol. The summed E-state index contributed by atoms with van der Waals surface area (Å²) >= 11 is 0. The molecule has 4 nitrogen and oxygen atoms in total. The first-order valence-electron chi connectivity index (χ1n) is 7.26. The summed E-state index contributed by atoms with van der Waals surface area (Å²) in [5.41, 5.74) is 2.01. The largest absolute Gasteiger partial charge is 0.289 e. The van der Waals surface area contributed by atoms with Gasteiger partial charge in [-0.15, -0.1) is 0 Å². The van der Waals surface area contributed by atoms with Crippen molar-refractivity contribution in [1.29, 1.82) is 5.26 Å². The number of nitrogens with zero attached hydrogens (tertiary/aromatic N) is 3. The Morgan fingerprint density at radius 2 is 1.83 bits per heavy atom. The van der Waals surface area contributed by atoms with Crippen LogP contribution >= 0.6 is 0 Å². The molecule has 0 saturated carbocycles. The first kappa shape index (κ1) is 14.7. The maximum Gasteiger partial charge on any atom is 0.289 e. The number of rotatable bonds is 2. The Kier molecular flexibility index (Phi) is 3.78. The molecule has 3 rings (SSSR count). The van der Waals surface area contributed by atoms with Crippen LogP contribution in [0.4, 0.5) is 0 Å². The lowest BCUT2D eigenvalue weighted by molar-refractivity contribution is 0.787. The molecule has 112 valence electrons. The van der Waals surface area contributed by atoms with E-state index in [1.165, 1.54) is 4.68 Å². The first-order chi connectivity index (χ1) is 11.1. The number of aromatic nitrogens is 1. The van der Waals surface area contributed by atoms with Crippen LogP contribution in [0.1, 0.15) is 22.4 Å². The van der Waals surface area contributed by atoms with Gasteiger partial charge < -0.3 is 0 Å². The molecule has 1 heterocycles. The highest BCUT2D eigenvalue weighted by Crippen LogP contribution is 2.14. The molecule has 0 aliphatic carbocycles. The molecule has 0 aliphatic rings. The van der Waals surface area contributed by atoms with E-state index in [2.05, 4.69) is 5.10 Å². The van der Waals surface area contributed by atoms with Crippen molar-refractivity contribution in [3.63, 3.8) is 0 Å². The minimum atomic E-state index is -0.387. The van der Waals surface area contributed by atoms with Gasteiger partial charge in [-0.1, -0.05) is 36.4 Å². The van der Waals surface area contributed by atoms with Crippen LogP contribution in [0.15, 0.2) is 58.4 Å². The zero-order chi connectivity index (χ0) is 16.4. The van der Waals surface area contributed by atoms with Crippen molar-refractivity contribution >= 4 is 17.0 Å². The molecule has 0 bridgehead atoms. The molecule has 0 spiro atoms. The van der Waals surface area contributed by atoms with Gasteiger partial charge in [-0.2, -0.15) is 10.4 Å². The van der Waals surface area contributed by atoms with Gasteiger partial charge in [0.05, 0.1) is 6.21 Å². The van der Waals surface area contributed by atoms with Crippen LogP contribution < -0.4 is 5.56 Å². The van der Waals surface area contributed by atoms with E-state index in [4.69, 9.17) is 5.26 Å². The maximum absolute atomic E-state index is 12.3. The molecule has 0 atom stereocenters. The summed E-state index contributed by atoms with van der Waals surface area (Å²) in [4.78, 5) is 12.3. The van der Waals surface area contributed by atoms with Crippen molar-refractivity contribution in [3.8, 4) is 6.07 Å². The summed E-state index contributed by atoms with van der Waals surface area (Å²) < 4.78 is 1.26. The first-order valence-corrected chi connectivity index (χ1v) is 7.26. The number of benzene rings is 2. The standard InChI is InChI=1S/C19H15N3O/c1-13-9-14(2)22(19(23)18(13)11-20)21-12-15-7-8-16-5-3-4-6-17(16)10-15/h3-10,12H,1-2H3/b21-12-. The summed E-state index contributed by atoms with van der Waals surface area (Å²) in [6.45, 7) is 3.55. The van der Waals surface area contributed by atoms with Crippen molar-refractivity contribution in [3.05, 3.63) is 81.3 Å². The van der Waals surface area contributed by atoms with Crippen LogP contribution in [-0.2, 0) is 0 Å². The van der Waals surface area contributed by atoms with Crippen molar-refractivity contribution in [2.75, 3.05) is 0 Å². The van der Waals surface area contributed by atoms with Gasteiger partial charge in [0.1, 0.15) is 11.6 Å². The van der Waals surface area contributed by atoms with Crippen LogP contribution in [0.25, 0.3) is 10.8 Å². The fraction of sp³-hybridized carbons (Fsp3) is 0.105. The van der Waals surface area contributed by atoms with Crippen molar-refractivity contribution in [2.45, 2.75) is 13.8 Å². The average Bonchev–Trinajstić information content (AvgIpc) is 2.54. The van der Waals surface area contributed by atoms with E-state index in [-0.39, 0.29) is 11.1 Å². The minimum absolute atomic E-state index is 0.131. The molecule has 0 N–H and O–H groups in total. The summed E-state index contributed by atoms with van der Waals surface area (Å²) in [6, 6.07) is 17.8. The summed E-state index contributed by atoms with van der Waals surface area (Å²) in [6.07, 6.45) is 1.64. The normalized spacial score (nSPS) is 11.0. The van der Waals surface area contributed by atoms with Gasteiger partial charge in [-0.3, -0.25) is 4.79 Å². The molecule has 0 unspecified atom stereocenters. The maximum atomic E-state index is 12.3. The van der Waals surface area contributed by atoms with Gasteiger partial charge in [0.15, 0.2) is 0 Å². The lowest BCUT2D eigenvalue weighted by Crippen LogP contribution is -2.22. The molecule has 0 amide bonds. The lowest BCUT2D eigenvalue weighted by atomic mass is 10.1. The van der Waals surface area contributed by atoms with E-state index >= 15 is 0 Å². The lowest BCUT2D eigenvalue weighted by Gasteiger charge is -2.06. The molecule has 0 saturated heterocycles. The molecule has 0 radical (unpaired) electrons. The van der Waals surface area contributed by atoms with Crippen LogP contribution in [0.3, 0.4) is 0 Å². The highest BCUT2D eigenvalue weighted by molar-refractivity contribution is 5.90. The molecule has 23 heavy (non-hydrogen) atoms. The van der Waals surface area contributed by atoms with Crippen molar-refractivity contribution in [1.82, 2.24) is 4.68 Å². The molecule has 4 heteroatoms. The number of pyridine rings is 1. The smallest absolute Gasteiger partial charge is 0.266 e. The third kappa shape index (κ3) is 2.77. The van der Waals surface area contributed by atoms with E-state index in [0.29, 0.717) is 11.3 Å². The van der Waals surface area contributed by atoms with Gasteiger partial charge in [0.25, 0.3) is 5.56 Å². The highest BCUT2D eigenvalue weighted by atomic mass is 16.1. The van der Waals surface area contributed by atoms with Gasteiger partial charge in [-0.05, 0) is 47.9 Å². The van der Waals surface area contributed by atoms with Gasteiger partial charge >= 0.3 is 0 Å². The van der Waals surface area contributed by atoms with E-state index in [0.717, 1.165) is 16.3 Å². The Morgan fingerprint density at radius 1 is 1.09 bits per heavy atom.